The third-order valence-electron chi connectivity index (χ3n) is 3.26. The third-order valence-corrected chi connectivity index (χ3v) is 3.26. The Morgan fingerprint density at radius 3 is 2.54 bits per heavy atom. The summed E-state index contributed by atoms with van der Waals surface area (Å²) in [6.07, 6.45) is 0.340. The van der Waals surface area contributed by atoms with E-state index in [1.54, 1.807) is 48.5 Å². The van der Waals surface area contributed by atoms with Crippen molar-refractivity contribution in [1.29, 1.82) is 5.26 Å². The molecule has 0 aliphatic heterocycles. The normalized spacial score (nSPS) is 9.67. The summed E-state index contributed by atoms with van der Waals surface area (Å²) < 4.78 is 4.66. The third kappa shape index (κ3) is 4.85. The highest BCUT2D eigenvalue weighted by Gasteiger charge is 2.07. The number of ether oxygens (including phenoxy) is 1. The van der Waals surface area contributed by atoms with E-state index in [2.05, 4.69) is 21.4 Å². The molecule has 0 spiro atoms. The molecule has 0 aliphatic carbocycles. The predicted molar refractivity (Wildman–Crippen MR) is 90.7 cm³/mol. The largest absolute Gasteiger partial charge is 0.465 e. The van der Waals surface area contributed by atoms with Gasteiger partial charge in [0.1, 0.15) is 0 Å². The van der Waals surface area contributed by atoms with Crippen molar-refractivity contribution in [3.8, 4) is 6.07 Å². The monoisotopic (exact) mass is 323 g/mol. The standard InChI is InChI=1S/C18H17N3O3/c1-24-18(23)14-3-2-4-16(11-14)20-12-17(22)21-15-7-5-13(6-8-15)9-10-19/h2-8,11,20H,9,12H2,1H3,(H,21,22). The zero-order chi connectivity index (χ0) is 17.4. The first-order valence-electron chi connectivity index (χ1n) is 7.30. The Morgan fingerprint density at radius 2 is 1.88 bits per heavy atom. The average Bonchev–Trinajstić information content (AvgIpc) is 2.61. The van der Waals surface area contributed by atoms with Gasteiger partial charge in [0.25, 0.3) is 0 Å². The highest BCUT2D eigenvalue weighted by atomic mass is 16.5. The first kappa shape index (κ1) is 17.0. The van der Waals surface area contributed by atoms with Gasteiger partial charge in [0.05, 0.1) is 31.7 Å². The first-order chi connectivity index (χ1) is 11.6. The minimum atomic E-state index is -0.430. The molecule has 1 amide bonds. The Hall–Kier alpha value is -3.33. The van der Waals surface area contributed by atoms with Gasteiger partial charge in [0.2, 0.25) is 5.91 Å². The molecular weight excluding hydrogens is 306 g/mol. The fourth-order valence-corrected chi connectivity index (χ4v) is 2.06. The number of carbonyl (C=O) groups is 2. The maximum absolute atomic E-state index is 12.0. The van der Waals surface area contributed by atoms with E-state index in [-0.39, 0.29) is 12.5 Å². The summed E-state index contributed by atoms with van der Waals surface area (Å²) in [7, 11) is 1.32. The van der Waals surface area contributed by atoms with Crippen LogP contribution in [0.25, 0.3) is 0 Å². The van der Waals surface area contributed by atoms with Crippen LogP contribution in [0.4, 0.5) is 11.4 Å². The number of esters is 1. The van der Waals surface area contributed by atoms with Gasteiger partial charge in [-0.2, -0.15) is 5.26 Å². The quantitative estimate of drug-likeness (QED) is 0.797. The minimum absolute atomic E-state index is 0.0601. The van der Waals surface area contributed by atoms with E-state index >= 15 is 0 Å². The fourth-order valence-electron chi connectivity index (χ4n) is 2.06. The van der Waals surface area contributed by atoms with Gasteiger partial charge in [-0.3, -0.25) is 4.79 Å². The lowest BCUT2D eigenvalue weighted by molar-refractivity contribution is -0.114. The van der Waals surface area contributed by atoms with Gasteiger partial charge in [0, 0.05) is 11.4 Å². The van der Waals surface area contributed by atoms with E-state index in [4.69, 9.17) is 5.26 Å². The second kappa shape index (κ2) is 8.34. The summed E-state index contributed by atoms with van der Waals surface area (Å²) in [5.74, 6) is -0.646. The molecule has 0 aliphatic rings. The van der Waals surface area contributed by atoms with E-state index in [1.165, 1.54) is 7.11 Å². The Kier molecular flexibility index (Phi) is 5.92. The average molecular weight is 323 g/mol. The summed E-state index contributed by atoms with van der Waals surface area (Å²) in [6, 6.07) is 15.9. The minimum Gasteiger partial charge on any atom is -0.465 e. The van der Waals surface area contributed by atoms with Crippen LogP contribution in [-0.2, 0) is 16.0 Å². The molecule has 2 N–H and O–H groups in total. The number of hydrogen-bond donors (Lipinski definition) is 2. The van der Waals surface area contributed by atoms with Crippen LogP contribution in [0, 0.1) is 11.3 Å². The van der Waals surface area contributed by atoms with Gasteiger partial charge < -0.3 is 15.4 Å². The molecule has 24 heavy (non-hydrogen) atoms. The lowest BCUT2D eigenvalue weighted by Crippen LogP contribution is -2.21. The molecule has 0 bridgehead atoms. The van der Waals surface area contributed by atoms with Crippen molar-refractivity contribution in [3.63, 3.8) is 0 Å². The molecule has 0 unspecified atom stereocenters. The van der Waals surface area contributed by atoms with Gasteiger partial charge >= 0.3 is 5.97 Å². The lowest BCUT2D eigenvalue weighted by Gasteiger charge is -2.09. The van der Waals surface area contributed by atoms with E-state index in [9.17, 15) is 9.59 Å². The number of benzene rings is 2. The van der Waals surface area contributed by atoms with Crippen LogP contribution in [0.15, 0.2) is 48.5 Å². The molecule has 2 aromatic rings. The van der Waals surface area contributed by atoms with Crippen molar-refractivity contribution in [3.05, 3.63) is 59.7 Å². The number of methoxy groups -OCH3 is 1. The summed E-state index contributed by atoms with van der Waals surface area (Å²) in [4.78, 5) is 23.4. The van der Waals surface area contributed by atoms with E-state index < -0.39 is 5.97 Å². The zero-order valence-corrected chi connectivity index (χ0v) is 13.2. The number of rotatable bonds is 6. The topological polar surface area (TPSA) is 91.2 Å². The Balaban J connectivity index is 1.89. The first-order valence-corrected chi connectivity index (χ1v) is 7.30. The second-order valence-electron chi connectivity index (χ2n) is 5.01. The second-order valence-corrected chi connectivity index (χ2v) is 5.01. The number of amides is 1. The van der Waals surface area contributed by atoms with Crippen LogP contribution >= 0.6 is 0 Å². The number of carbonyl (C=O) groups excluding carboxylic acids is 2. The predicted octanol–water partition coefficient (Wildman–Crippen LogP) is 2.59. The van der Waals surface area contributed by atoms with Crippen LogP contribution in [0.1, 0.15) is 15.9 Å². The van der Waals surface area contributed by atoms with E-state index in [1.807, 2.05) is 0 Å². The van der Waals surface area contributed by atoms with Crippen molar-refractivity contribution in [2.45, 2.75) is 6.42 Å². The van der Waals surface area contributed by atoms with E-state index in [0.29, 0.717) is 23.4 Å². The molecule has 0 saturated heterocycles. The van der Waals surface area contributed by atoms with Crippen LogP contribution in [0.5, 0.6) is 0 Å². The summed E-state index contributed by atoms with van der Waals surface area (Å²) in [6.45, 7) is 0.0601. The van der Waals surface area contributed by atoms with Gasteiger partial charge in [-0.25, -0.2) is 4.79 Å². The van der Waals surface area contributed by atoms with Crippen molar-refractivity contribution in [1.82, 2.24) is 0 Å². The SMILES string of the molecule is COC(=O)c1cccc(NCC(=O)Nc2ccc(CC#N)cc2)c1. The number of hydrogen-bond acceptors (Lipinski definition) is 5. The molecule has 0 atom stereocenters. The van der Waals surface area contributed by atoms with Gasteiger partial charge in [-0.05, 0) is 35.9 Å². The molecule has 122 valence electrons. The smallest absolute Gasteiger partial charge is 0.337 e. The molecule has 0 aromatic heterocycles. The van der Waals surface area contributed by atoms with Crippen molar-refractivity contribution in [2.24, 2.45) is 0 Å². The van der Waals surface area contributed by atoms with Gasteiger partial charge in [-0.15, -0.1) is 0 Å². The number of nitrogens with zero attached hydrogens (tertiary/aromatic N) is 1. The summed E-state index contributed by atoms with van der Waals surface area (Å²) in [5.41, 5.74) is 2.62. The van der Waals surface area contributed by atoms with Gasteiger partial charge in [0.15, 0.2) is 0 Å². The van der Waals surface area contributed by atoms with Gasteiger partial charge in [-0.1, -0.05) is 18.2 Å². The maximum atomic E-state index is 12.0. The van der Waals surface area contributed by atoms with Crippen LogP contribution < -0.4 is 10.6 Å². The van der Waals surface area contributed by atoms with Crippen molar-refractivity contribution < 1.29 is 14.3 Å². The molecule has 2 rings (SSSR count). The number of nitrogens with one attached hydrogen (secondary N) is 2. The molecule has 0 heterocycles. The molecule has 2 aromatic carbocycles. The maximum Gasteiger partial charge on any atom is 0.337 e. The van der Waals surface area contributed by atoms with Crippen LogP contribution in [0.2, 0.25) is 0 Å². The molecule has 6 heteroatoms. The van der Waals surface area contributed by atoms with E-state index in [0.717, 1.165) is 5.56 Å². The molecule has 6 nitrogen and oxygen atoms in total. The zero-order valence-electron chi connectivity index (χ0n) is 13.2. The van der Waals surface area contributed by atoms with Crippen molar-refractivity contribution in [2.75, 3.05) is 24.3 Å². The van der Waals surface area contributed by atoms with Crippen LogP contribution in [0.3, 0.4) is 0 Å². The molecule has 0 radical (unpaired) electrons. The number of anilines is 2. The summed E-state index contributed by atoms with van der Waals surface area (Å²) >= 11 is 0. The molecule has 0 fully saturated rings. The van der Waals surface area contributed by atoms with Crippen molar-refractivity contribution >= 4 is 23.3 Å². The fraction of sp³-hybridized carbons (Fsp3) is 0.167. The molecular formula is C18H17N3O3. The highest BCUT2D eigenvalue weighted by Crippen LogP contribution is 2.12. The Bertz CT molecular complexity index is 764. The number of nitriles is 1. The Morgan fingerprint density at radius 1 is 1.12 bits per heavy atom. The molecule has 0 saturated carbocycles. The van der Waals surface area contributed by atoms with Crippen LogP contribution in [-0.4, -0.2) is 25.5 Å². The Labute approximate surface area is 140 Å². The highest BCUT2D eigenvalue weighted by molar-refractivity contribution is 5.94. The summed E-state index contributed by atoms with van der Waals surface area (Å²) in [5, 5.41) is 14.3. The lowest BCUT2D eigenvalue weighted by atomic mass is 10.1.